The molecule has 82 valence electrons. The molecule has 0 aromatic heterocycles. The third kappa shape index (κ3) is 1.92. The maximum Gasteiger partial charge on any atom is 0.0499 e. The van der Waals surface area contributed by atoms with Crippen LogP contribution in [-0.2, 0) is 0 Å². The summed E-state index contributed by atoms with van der Waals surface area (Å²) in [5, 5.41) is 0. The lowest BCUT2D eigenvalue weighted by atomic mass is 9.95. The largest absolute Gasteiger partial charge is 0.326 e. The summed E-state index contributed by atoms with van der Waals surface area (Å²) in [4.78, 5) is 2.37. The maximum absolute atomic E-state index is 6.18. The van der Waals surface area contributed by atoms with Crippen LogP contribution in [0.2, 0.25) is 0 Å². The molecule has 1 aromatic carbocycles. The van der Waals surface area contributed by atoms with E-state index in [9.17, 15) is 0 Å². The van der Waals surface area contributed by atoms with Gasteiger partial charge in [0.15, 0.2) is 0 Å². The first-order chi connectivity index (χ1) is 7.09. The highest BCUT2D eigenvalue weighted by Gasteiger charge is 2.30. The van der Waals surface area contributed by atoms with Gasteiger partial charge in [0, 0.05) is 18.6 Å². The Kier molecular flexibility index (Phi) is 2.81. The van der Waals surface area contributed by atoms with Crippen LogP contribution in [0, 0.1) is 13.8 Å². The van der Waals surface area contributed by atoms with E-state index < -0.39 is 0 Å². The highest BCUT2D eigenvalue weighted by atomic mass is 15.2. The van der Waals surface area contributed by atoms with Gasteiger partial charge in [-0.05, 0) is 38.4 Å². The Morgan fingerprint density at radius 1 is 1.33 bits per heavy atom. The van der Waals surface area contributed by atoms with Crippen LogP contribution in [-0.4, -0.2) is 24.5 Å². The standard InChI is InChI=1S/C13H20N2/c1-9-4-5-10(2)11(8-9)13-12(14)6-7-15(13)3/h4-5,8,12-13H,6-7,14H2,1-3H3. The van der Waals surface area contributed by atoms with Crippen LogP contribution in [0.15, 0.2) is 18.2 Å². The van der Waals surface area contributed by atoms with E-state index >= 15 is 0 Å². The molecule has 2 N–H and O–H groups in total. The lowest BCUT2D eigenvalue weighted by Crippen LogP contribution is -2.30. The number of likely N-dealkylation sites (tertiary alicyclic amines) is 1. The van der Waals surface area contributed by atoms with Crippen molar-refractivity contribution >= 4 is 0 Å². The summed E-state index contributed by atoms with van der Waals surface area (Å²) in [6.07, 6.45) is 1.11. The fourth-order valence-corrected chi connectivity index (χ4v) is 2.52. The van der Waals surface area contributed by atoms with Gasteiger partial charge in [0.05, 0.1) is 0 Å². The molecule has 0 bridgehead atoms. The monoisotopic (exact) mass is 204 g/mol. The Morgan fingerprint density at radius 2 is 2.07 bits per heavy atom. The summed E-state index contributed by atoms with van der Waals surface area (Å²) < 4.78 is 0. The van der Waals surface area contributed by atoms with Gasteiger partial charge in [-0.3, -0.25) is 4.90 Å². The number of aryl methyl sites for hydroxylation is 2. The van der Waals surface area contributed by atoms with Crippen molar-refractivity contribution in [1.82, 2.24) is 4.90 Å². The van der Waals surface area contributed by atoms with Gasteiger partial charge in [-0.1, -0.05) is 23.8 Å². The van der Waals surface area contributed by atoms with Crippen LogP contribution < -0.4 is 5.73 Å². The molecule has 1 fully saturated rings. The number of hydrogen-bond acceptors (Lipinski definition) is 2. The summed E-state index contributed by atoms with van der Waals surface area (Å²) in [6, 6.07) is 7.34. The number of nitrogens with zero attached hydrogens (tertiary/aromatic N) is 1. The normalized spacial score (nSPS) is 27.2. The van der Waals surface area contributed by atoms with Crippen LogP contribution >= 0.6 is 0 Å². The molecule has 2 rings (SSSR count). The van der Waals surface area contributed by atoms with Gasteiger partial charge in [-0.25, -0.2) is 0 Å². The average molecular weight is 204 g/mol. The highest BCUT2D eigenvalue weighted by Crippen LogP contribution is 2.31. The predicted molar refractivity (Wildman–Crippen MR) is 63.9 cm³/mol. The summed E-state index contributed by atoms with van der Waals surface area (Å²) in [5.74, 6) is 0. The first kappa shape index (κ1) is 10.7. The van der Waals surface area contributed by atoms with Crippen molar-refractivity contribution in [2.45, 2.75) is 32.4 Å². The van der Waals surface area contributed by atoms with Crippen molar-refractivity contribution in [3.63, 3.8) is 0 Å². The van der Waals surface area contributed by atoms with Gasteiger partial charge in [-0.2, -0.15) is 0 Å². The first-order valence-corrected chi connectivity index (χ1v) is 5.62. The van der Waals surface area contributed by atoms with Crippen molar-refractivity contribution in [2.24, 2.45) is 5.73 Å². The second kappa shape index (κ2) is 3.95. The molecule has 2 unspecified atom stereocenters. The van der Waals surface area contributed by atoms with E-state index in [1.54, 1.807) is 0 Å². The molecule has 1 aliphatic rings. The van der Waals surface area contributed by atoms with Crippen LogP contribution in [0.4, 0.5) is 0 Å². The Hall–Kier alpha value is -0.860. The predicted octanol–water partition coefficient (Wildman–Crippen LogP) is 2.01. The summed E-state index contributed by atoms with van der Waals surface area (Å²) in [7, 11) is 2.17. The molecule has 15 heavy (non-hydrogen) atoms. The van der Waals surface area contributed by atoms with Gasteiger partial charge >= 0.3 is 0 Å². The fourth-order valence-electron chi connectivity index (χ4n) is 2.52. The second-order valence-corrected chi connectivity index (χ2v) is 4.74. The van der Waals surface area contributed by atoms with E-state index in [0.29, 0.717) is 6.04 Å². The molecule has 2 atom stereocenters. The number of likely N-dealkylation sites (N-methyl/N-ethyl adjacent to an activating group) is 1. The molecule has 2 nitrogen and oxygen atoms in total. The first-order valence-electron chi connectivity index (χ1n) is 5.62. The van der Waals surface area contributed by atoms with Crippen molar-refractivity contribution < 1.29 is 0 Å². The molecule has 0 amide bonds. The topological polar surface area (TPSA) is 29.3 Å². The minimum absolute atomic E-state index is 0.287. The van der Waals surface area contributed by atoms with Gasteiger partial charge < -0.3 is 5.73 Å². The van der Waals surface area contributed by atoms with E-state index in [0.717, 1.165) is 13.0 Å². The minimum atomic E-state index is 0.287. The zero-order valence-corrected chi connectivity index (χ0v) is 9.83. The lowest BCUT2D eigenvalue weighted by molar-refractivity contribution is 0.303. The number of hydrogen-bond donors (Lipinski definition) is 1. The highest BCUT2D eigenvalue weighted by molar-refractivity contribution is 5.34. The van der Waals surface area contributed by atoms with E-state index in [4.69, 9.17) is 5.73 Å². The fraction of sp³-hybridized carbons (Fsp3) is 0.538. The molecular formula is C13H20N2. The van der Waals surface area contributed by atoms with Crippen molar-refractivity contribution in [3.8, 4) is 0 Å². The molecule has 1 aromatic rings. The molecular weight excluding hydrogens is 184 g/mol. The van der Waals surface area contributed by atoms with E-state index in [1.807, 2.05) is 0 Å². The van der Waals surface area contributed by atoms with Crippen LogP contribution in [0.3, 0.4) is 0 Å². The van der Waals surface area contributed by atoms with E-state index in [1.165, 1.54) is 16.7 Å². The smallest absolute Gasteiger partial charge is 0.0499 e. The van der Waals surface area contributed by atoms with Crippen molar-refractivity contribution in [2.75, 3.05) is 13.6 Å². The molecule has 0 radical (unpaired) electrons. The Bertz CT molecular complexity index is 350. The zero-order valence-electron chi connectivity index (χ0n) is 9.83. The SMILES string of the molecule is Cc1ccc(C)c(C2C(N)CCN2C)c1. The van der Waals surface area contributed by atoms with Crippen LogP contribution in [0.5, 0.6) is 0 Å². The number of rotatable bonds is 1. The molecule has 1 aliphatic heterocycles. The molecule has 2 heteroatoms. The van der Waals surface area contributed by atoms with E-state index in [-0.39, 0.29) is 6.04 Å². The van der Waals surface area contributed by atoms with Crippen molar-refractivity contribution in [3.05, 3.63) is 34.9 Å². The Morgan fingerprint density at radius 3 is 2.67 bits per heavy atom. The minimum Gasteiger partial charge on any atom is -0.326 e. The number of benzene rings is 1. The van der Waals surface area contributed by atoms with Crippen LogP contribution in [0.25, 0.3) is 0 Å². The zero-order chi connectivity index (χ0) is 11.0. The van der Waals surface area contributed by atoms with Gasteiger partial charge in [0.2, 0.25) is 0 Å². The molecule has 1 saturated heterocycles. The summed E-state index contributed by atoms with van der Waals surface area (Å²) >= 11 is 0. The summed E-state index contributed by atoms with van der Waals surface area (Å²) in [5.41, 5.74) is 10.3. The quantitative estimate of drug-likeness (QED) is 0.758. The molecule has 0 saturated carbocycles. The van der Waals surface area contributed by atoms with Gasteiger partial charge in [-0.15, -0.1) is 0 Å². The second-order valence-electron chi connectivity index (χ2n) is 4.74. The molecule has 0 spiro atoms. The van der Waals surface area contributed by atoms with Crippen LogP contribution in [0.1, 0.15) is 29.2 Å². The summed E-state index contributed by atoms with van der Waals surface area (Å²) in [6.45, 7) is 5.43. The Balaban J connectivity index is 2.39. The van der Waals surface area contributed by atoms with Gasteiger partial charge in [0.1, 0.15) is 0 Å². The average Bonchev–Trinajstić information content (AvgIpc) is 2.51. The van der Waals surface area contributed by atoms with Gasteiger partial charge in [0.25, 0.3) is 0 Å². The number of nitrogens with two attached hydrogens (primary N) is 1. The lowest BCUT2D eigenvalue weighted by Gasteiger charge is -2.25. The van der Waals surface area contributed by atoms with E-state index in [2.05, 4.69) is 44.0 Å². The Labute approximate surface area is 92.1 Å². The maximum atomic E-state index is 6.18. The molecule has 1 heterocycles. The molecule has 0 aliphatic carbocycles. The third-order valence-electron chi connectivity index (χ3n) is 3.45. The van der Waals surface area contributed by atoms with Crippen molar-refractivity contribution in [1.29, 1.82) is 0 Å². The third-order valence-corrected chi connectivity index (χ3v) is 3.45.